The lowest BCUT2D eigenvalue weighted by Crippen LogP contribution is -2.22. The maximum Gasteiger partial charge on any atom is 0.285 e. The van der Waals surface area contributed by atoms with E-state index in [4.69, 9.17) is 0 Å². The van der Waals surface area contributed by atoms with E-state index in [1.54, 1.807) is 5.43 Å². The molecule has 0 bridgehead atoms. The van der Waals surface area contributed by atoms with Crippen LogP contribution >= 0.6 is 0 Å². The van der Waals surface area contributed by atoms with Crippen LogP contribution in [0.25, 0.3) is 0 Å². The van der Waals surface area contributed by atoms with Crippen LogP contribution in [0.15, 0.2) is 35.5 Å². The number of carbonyl (C=O) groups is 1. The standard InChI is InChI=1S/C10H7N5O4/c16-8(6-1-3-11-4-2-6)7-5-12-10(13-9(7)17)14-15(18)19/h1-5H,(H2,12,13,14,17). The van der Waals surface area contributed by atoms with Gasteiger partial charge in [0.1, 0.15) is 5.56 Å². The van der Waals surface area contributed by atoms with Crippen molar-refractivity contribution in [2.24, 2.45) is 0 Å². The summed E-state index contributed by atoms with van der Waals surface area (Å²) in [6.07, 6.45) is 3.90. The Hall–Kier alpha value is -3.10. The third-order valence-corrected chi connectivity index (χ3v) is 2.18. The van der Waals surface area contributed by atoms with Gasteiger partial charge in [0.2, 0.25) is 0 Å². The normalized spacial score (nSPS) is 9.89. The number of nitrogens with zero attached hydrogens (tertiary/aromatic N) is 3. The molecular weight excluding hydrogens is 254 g/mol. The Morgan fingerprint density at radius 1 is 1.37 bits per heavy atom. The van der Waals surface area contributed by atoms with E-state index in [-0.39, 0.29) is 17.1 Å². The van der Waals surface area contributed by atoms with Gasteiger partial charge >= 0.3 is 0 Å². The Bertz CT molecular complexity index is 682. The van der Waals surface area contributed by atoms with Crippen LogP contribution in [-0.4, -0.2) is 25.8 Å². The summed E-state index contributed by atoms with van der Waals surface area (Å²) < 4.78 is 0. The highest BCUT2D eigenvalue weighted by Gasteiger charge is 2.15. The van der Waals surface area contributed by atoms with E-state index < -0.39 is 16.4 Å². The zero-order chi connectivity index (χ0) is 13.8. The van der Waals surface area contributed by atoms with Gasteiger partial charge in [-0.15, -0.1) is 0 Å². The summed E-state index contributed by atoms with van der Waals surface area (Å²) in [6.45, 7) is 0. The van der Waals surface area contributed by atoms with Crippen molar-refractivity contribution in [3.8, 4) is 0 Å². The van der Waals surface area contributed by atoms with E-state index in [1.807, 2.05) is 0 Å². The first-order chi connectivity index (χ1) is 9.08. The van der Waals surface area contributed by atoms with Crippen LogP contribution in [0, 0.1) is 10.1 Å². The number of aromatic amines is 1. The summed E-state index contributed by atoms with van der Waals surface area (Å²) in [6, 6.07) is 2.90. The number of rotatable bonds is 4. The number of H-pyrrole nitrogens is 1. The van der Waals surface area contributed by atoms with Gasteiger partial charge in [0.25, 0.3) is 11.5 Å². The molecule has 0 fully saturated rings. The maximum atomic E-state index is 12.0. The lowest BCUT2D eigenvalue weighted by molar-refractivity contribution is -0.446. The molecule has 9 nitrogen and oxygen atoms in total. The Labute approximate surface area is 105 Å². The van der Waals surface area contributed by atoms with Crippen molar-refractivity contribution in [3.63, 3.8) is 0 Å². The Morgan fingerprint density at radius 2 is 2.05 bits per heavy atom. The van der Waals surface area contributed by atoms with Gasteiger partial charge in [-0.05, 0) is 12.1 Å². The molecule has 0 aliphatic heterocycles. The van der Waals surface area contributed by atoms with Crippen molar-refractivity contribution in [3.05, 3.63) is 62.3 Å². The molecule has 0 aliphatic carbocycles. The summed E-state index contributed by atoms with van der Waals surface area (Å²) in [4.78, 5) is 43.2. The van der Waals surface area contributed by atoms with Gasteiger partial charge in [-0.2, -0.15) is 4.98 Å². The molecule has 0 amide bonds. The highest BCUT2D eigenvalue weighted by atomic mass is 16.7. The number of carbonyl (C=O) groups excluding carboxylic acids is 1. The van der Waals surface area contributed by atoms with E-state index in [9.17, 15) is 19.7 Å². The van der Waals surface area contributed by atoms with Crippen molar-refractivity contribution in [1.29, 1.82) is 0 Å². The number of ketones is 1. The summed E-state index contributed by atoms with van der Waals surface area (Å²) in [5.74, 6) is -0.884. The molecule has 0 spiro atoms. The van der Waals surface area contributed by atoms with E-state index in [1.165, 1.54) is 24.5 Å². The van der Waals surface area contributed by atoms with Gasteiger partial charge in [0.05, 0.1) is 0 Å². The van der Waals surface area contributed by atoms with Crippen molar-refractivity contribution < 1.29 is 9.83 Å². The minimum absolute atomic E-state index is 0.208. The number of hydrazine groups is 1. The minimum atomic E-state index is -0.872. The van der Waals surface area contributed by atoms with E-state index >= 15 is 0 Å². The topological polar surface area (TPSA) is 131 Å². The van der Waals surface area contributed by atoms with Gasteiger partial charge in [0, 0.05) is 24.2 Å². The third-order valence-electron chi connectivity index (χ3n) is 2.18. The lowest BCUT2D eigenvalue weighted by Gasteiger charge is -2.00. The first-order valence-electron chi connectivity index (χ1n) is 5.03. The first-order valence-corrected chi connectivity index (χ1v) is 5.03. The van der Waals surface area contributed by atoms with Gasteiger partial charge in [-0.25, -0.2) is 10.1 Å². The smallest absolute Gasteiger partial charge is 0.285 e. The number of pyridine rings is 1. The van der Waals surface area contributed by atoms with Gasteiger partial charge in [-0.1, -0.05) is 5.43 Å². The highest BCUT2D eigenvalue weighted by Crippen LogP contribution is 2.04. The van der Waals surface area contributed by atoms with Crippen molar-refractivity contribution >= 4 is 11.7 Å². The monoisotopic (exact) mass is 261 g/mol. The van der Waals surface area contributed by atoms with Crippen LogP contribution in [0.5, 0.6) is 0 Å². The molecule has 19 heavy (non-hydrogen) atoms. The molecule has 0 aliphatic rings. The zero-order valence-corrected chi connectivity index (χ0v) is 9.36. The molecule has 96 valence electrons. The molecule has 9 heteroatoms. The highest BCUT2D eigenvalue weighted by molar-refractivity contribution is 6.08. The molecule has 0 unspecified atom stereocenters. The number of aromatic nitrogens is 3. The van der Waals surface area contributed by atoms with E-state index in [0.717, 1.165) is 6.20 Å². The average Bonchev–Trinajstić information content (AvgIpc) is 2.38. The molecule has 2 N–H and O–H groups in total. The van der Waals surface area contributed by atoms with Gasteiger partial charge in [0.15, 0.2) is 10.8 Å². The van der Waals surface area contributed by atoms with Crippen LogP contribution in [0.2, 0.25) is 0 Å². The largest absolute Gasteiger partial charge is 0.327 e. The SMILES string of the molecule is O=C(c1ccncc1)c1c[nH]c(N[N+](=O)[O-])nc1=O. The molecule has 2 aromatic rings. The fraction of sp³-hybridized carbons (Fsp3) is 0. The quantitative estimate of drug-likeness (QED) is 0.449. The first kappa shape index (κ1) is 12.4. The number of anilines is 1. The molecule has 0 atom stereocenters. The Kier molecular flexibility index (Phi) is 3.28. The van der Waals surface area contributed by atoms with E-state index in [0.29, 0.717) is 0 Å². The second-order valence-electron chi connectivity index (χ2n) is 3.40. The number of nitro groups is 1. The summed E-state index contributed by atoms with van der Waals surface area (Å²) in [5.41, 5.74) is 0.896. The average molecular weight is 261 g/mol. The van der Waals surface area contributed by atoms with Crippen molar-refractivity contribution in [1.82, 2.24) is 15.0 Å². The predicted molar refractivity (Wildman–Crippen MR) is 63.1 cm³/mol. The Morgan fingerprint density at radius 3 is 2.63 bits per heavy atom. The summed E-state index contributed by atoms with van der Waals surface area (Å²) in [7, 11) is 0. The molecule has 2 rings (SSSR count). The second kappa shape index (κ2) is 5.04. The number of nitrogens with one attached hydrogen (secondary N) is 2. The van der Waals surface area contributed by atoms with Crippen molar-refractivity contribution in [2.75, 3.05) is 5.43 Å². The molecule has 0 saturated carbocycles. The molecule has 2 aromatic heterocycles. The van der Waals surface area contributed by atoms with Gasteiger partial charge in [-0.3, -0.25) is 14.6 Å². The fourth-order valence-electron chi connectivity index (χ4n) is 1.36. The van der Waals surface area contributed by atoms with E-state index in [2.05, 4.69) is 15.0 Å². The predicted octanol–water partition coefficient (Wildman–Crippen LogP) is -0.000500. The maximum absolute atomic E-state index is 12.0. The Balaban J connectivity index is 2.34. The zero-order valence-electron chi connectivity index (χ0n) is 9.36. The fourth-order valence-corrected chi connectivity index (χ4v) is 1.36. The molecule has 2 heterocycles. The lowest BCUT2D eigenvalue weighted by atomic mass is 10.1. The van der Waals surface area contributed by atoms with Gasteiger partial charge < -0.3 is 4.98 Å². The van der Waals surface area contributed by atoms with Crippen LogP contribution in [0.1, 0.15) is 15.9 Å². The third kappa shape index (κ3) is 2.77. The summed E-state index contributed by atoms with van der Waals surface area (Å²) in [5, 5.41) is 9.31. The van der Waals surface area contributed by atoms with Crippen LogP contribution in [0.4, 0.5) is 5.95 Å². The molecular formula is C10H7N5O4. The van der Waals surface area contributed by atoms with Crippen LogP contribution < -0.4 is 11.0 Å². The molecule has 0 aromatic carbocycles. The molecule has 0 saturated heterocycles. The summed E-state index contributed by atoms with van der Waals surface area (Å²) >= 11 is 0. The molecule has 0 radical (unpaired) electrons. The van der Waals surface area contributed by atoms with Crippen LogP contribution in [0.3, 0.4) is 0 Å². The van der Waals surface area contributed by atoms with Crippen molar-refractivity contribution in [2.45, 2.75) is 0 Å². The van der Waals surface area contributed by atoms with Crippen LogP contribution in [-0.2, 0) is 0 Å². The number of hydrogen-bond acceptors (Lipinski definition) is 6. The number of hydrogen-bond donors (Lipinski definition) is 2. The second-order valence-corrected chi connectivity index (χ2v) is 3.40. The minimum Gasteiger partial charge on any atom is -0.327 e.